The maximum Gasteiger partial charge on any atom is 0.0613 e. The van der Waals surface area contributed by atoms with Crippen molar-refractivity contribution in [3.8, 4) is 0 Å². The molecule has 1 aliphatic rings. The van der Waals surface area contributed by atoms with Crippen molar-refractivity contribution >= 4 is 0 Å². The van der Waals surface area contributed by atoms with Gasteiger partial charge in [0, 0.05) is 19.7 Å². The van der Waals surface area contributed by atoms with Gasteiger partial charge < -0.3 is 10.1 Å². The lowest BCUT2D eigenvalue weighted by molar-refractivity contribution is 0.160. The minimum atomic E-state index is 0.490. The molecule has 0 amide bonds. The van der Waals surface area contributed by atoms with Gasteiger partial charge in [-0.1, -0.05) is 19.8 Å². The summed E-state index contributed by atoms with van der Waals surface area (Å²) < 4.78 is 5.12. The molecular formula is C12H25NO. The summed E-state index contributed by atoms with van der Waals surface area (Å²) in [7, 11) is 1.77. The Morgan fingerprint density at radius 2 is 2.00 bits per heavy atom. The Morgan fingerprint density at radius 1 is 1.36 bits per heavy atom. The molecule has 1 unspecified atom stereocenters. The number of rotatable bonds is 6. The first kappa shape index (κ1) is 12.0. The van der Waals surface area contributed by atoms with Crippen molar-refractivity contribution in [1.82, 2.24) is 5.32 Å². The fraction of sp³-hybridized carbons (Fsp3) is 1.00. The summed E-state index contributed by atoms with van der Waals surface area (Å²) >= 11 is 0. The fourth-order valence-electron chi connectivity index (χ4n) is 2.48. The van der Waals surface area contributed by atoms with E-state index in [9.17, 15) is 0 Å². The smallest absolute Gasteiger partial charge is 0.0613 e. The second kappa shape index (κ2) is 5.72. The van der Waals surface area contributed by atoms with Gasteiger partial charge in [-0.2, -0.15) is 0 Å². The Balaban J connectivity index is 2.27. The predicted molar refractivity (Wildman–Crippen MR) is 60.5 cm³/mol. The van der Waals surface area contributed by atoms with Gasteiger partial charge in [-0.15, -0.1) is 0 Å². The molecule has 1 fully saturated rings. The highest BCUT2D eigenvalue weighted by Crippen LogP contribution is 2.40. The van der Waals surface area contributed by atoms with Crippen LogP contribution in [0.2, 0.25) is 0 Å². The highest BCUT2D eigenvalue weighted by molar-refractivity contribution is 4.86. The molecule has 1 aliphatic carbocycles. The minimum absolute atomic E-state index is 0.490. The topological polar surface area (TPSA) is 21.3 Å². The summed E-state index contributed by atoms with van der Waals surface area (Å²) in [6, 6.07) is 0.490. The molecule has 1 atom stereocenters. The molecule has 1 N–H and O–H groups in total. The maximum absolute atomic E-state index is 5.12. The summed E-state index contributed by atoms with van der Waals surface area (Å²) in [6.07, 6.45) is 6.99. The van der Waals surface area contributed by atoms with E-state index < -0.39 is 0 Å². The quantitative estimate of drug-likeness (QED) is 0.710. The molecular weight excluding hydrogens is 174 g/mol. The minimum Gasteiger partial charge on any atom is -0.383 e. The Bertz CT molecular complexity index is 152. The molecule has 1 saturated carbocycles. The maximum atomic E-state index is 5.12. The van der Waals surface area contributed by atoms with Crippen LogP contribution in [-0.2, 0) is 4.74 Å². The van der Waals surface area contributed by atoms with Crippen LogP contribution < -0.4 is 5.32 Å². The molecule has 14 heavy (non-hydrogen) atoms. The first-order chi connectivity index (χ1) is 6.72. The van der Waals surface area contributed by atoms with Gasteiger partial charge in [0.05, 0.1) is 6.61 Å². The van der Waals surface area contributed by atoms with Crippen LogP contribution in [-0.4, -0.2) is 26.3 Å². The van der Waals surface area contributed by atoms with Gasteiger partial charge in [0.25, 0.3) is 0 Å². The number of hydrogen-bond acceptors (Lipinski definition) is 2. The summed E-state index contributed by atoms with van der Waals surface area (Å²) in [4.78, 5) is 0. The summed E-state index contributed by atoms with van der Waals surface area (Å²) in [5.74, 6) is 0. The second-order valence-electron chi connectivity index (χ2n) is 4.80. The molecule has 2 heteroatoms. The predicted octanol–water partition coefficient (Wildman–Crippen LogP) is 2.58. The lowest BCUT2D eigenvalue weighted by Gasteiger charge is -2.29. The van der Waals surface area contributed by atoms with Crippen LogP contribution in [0.4, 0.5) is 0 Å². The first-order valence-electron chi connectivity index (χ1n) is 5.95. The Hall–Kier alpha value is -0.0800. The molecule has 0 saturated heterocycles. The molecule has 0 aliphatic heterocycles. The molecule has 0 radical (unpaired) electrons. The average molecular weight is 199 g/mol. The molecule has 0 heterocycles. The second-order valence-corrected chi connectivity index (χ2v) is 4.80. The lowest BCUT2D eigenvalue weighted by Crippen LogP contribution is -2.38. The van der Waals surface area contributed by atoms with Gasteiger partial charge in [0.2, 0.25) is 0 Å². The molecule has 2 nitrogen and oxygen atoms in total. The van der Waals surface area contributed by atoms with Gasteiger partial charge in [-0.05, 0) is 31.6 Å². The highest BCUT2D eigenvalue weighted by Gasteiger charge is 2.31. The zero-order valence-corrected chi connectivity index (χ0v) is 9.94. The van der Waals surface area contributed by atoms with Crippen LogP contribution >= 0.6 is 0 Å². The van der Waals surface area contributed by atoms with Crippen molar-refractivity contribution in [2.45, 2.75) is 52.0 Å². The van der Waals surface area contributed by atoms with Crippen molar-refractivity contribution in [1.29, 1.82) is 0 Å². The van der Waals surface area contributed by atoms with E-state index in [1.54, 1.807) is 7.11 Å². The third-order valence-corrected chi connectivity index (χ3v) is 3.66. The molecule has 0 aromatic carbocycles. The third-order valence-electron chi connectivity index (χ3n) is 3.66. The van der Waals surface area contributed by atoms with Crippen LogP contribution in [0.1, 0.15) is 46.0 Å². The van der Waals surface area contributed by atoms with E-state index >= 15 is 0 Å². The van der Waals surface area contributed by atoms with Gasteiger partial charge >= 0.3 is 0 Å². The van der Waals surface area contributed by atoms with Crippen molar-refractivity contribution in [2.24, 2.45) is 5.41 Å². The van der Waals surface area contributed by atoms with Crippen molar-refractivity contribution in [3.63, 3.8) is 0 Å². The molecule has 84 valence electrons. The first-order valence-corrected chi connectivity index (χ1v) is 5.95. The average Bonchev–Trinajstić information content (AvgIpc) is 2.65. The van der Waals surface area contributed by atoms with Crippen molar-refractivity contribution in [2.75, 3.05) is 20.3 Å². The number of methoxy groups -OCH3 is 1. The molecule has 1 rings (SSSR count). The van der Waals surface area contributed by atoms with Crippen LogP contribution in [0.5, 0.6) is 0 Å². The highest BCUT2D eigenvalue weighted by atomic mass is 16.5. The molecule has 0 aromatic heterocycles. The Kier molecular flexibility index (Phi) is 4.90. The van der Waals surface area contributed by atoms with E-state index in [4.69, 9.17) is 4.74 Å². The summed E-state index contributed by atoms with van der Waals surface area (Å²) in [5.41, 5.74) is 0.599. The largest absolute Gasteiger partial charge is 0.383 e. The lowest BCUT2D eigenvalue weighted by atomic mass is 9.83. The molecule has 0 aromatic rings. The van der Waals surface area contributed by atoms with Crippen LogP contribution in [0.3, 0.4) is 0 Å². The summed E-state index contributed by atoms with van der Waals surface area (Å²) in [6.45, 7) is 6.52. The van der Waals surface area contributed by atoms with E-state index in [1.807, 2.05) is 0 Å². The van der Waals surface area contributed by atoms with E-state index in [2.05, 4.69) is 19.2 Å². The SMILES string of the molecule is CCC1(CNC(C)COC)CCCC1. The van der Waals surface area contributed by atoms with Crippen molar-refractivity contribution in [3.05, 3.63) is 0 Å². The van der Waals surface area contributed by atoms with E-state index in [1.165, 1.54) is 38.6 Å². The van der Waals surface area contributed by atoms with E-state index in [-0.39, 0.29) is 0 Å². The van der Waals surface area contributed by atoms with Gasteiger partial charge in [0.15, 0.2) is 0 Å². The van der Waals surface area contributed by atoms with Gasteiger partial charge in [-0.3, -0.25) is 0 Å². The van der Waals surface area contributed by atoms with Gasteiger partial charge in [-0.25, -0.2) is 0 Å². The molecule has 0 bridgehead atoms. The van der Waals surface area contributed by atoms with Crippen LogP contribution in [0.25, 0.3) is 0 Å². The number of hydrogen-bond donors (Lipinski definition) is 1. The fourth-order valence-corrected chi connectivity index (χ4v) is 2.48. The van der Waals surface area contributed by atoms with Crippen molar-refractivity contribution < 1.29 is 4.74 Å². The van der Waals surface area contributed by atoms with Crippen LogP contribution in [0, 0.1) is 5.41 Å². The monoisotopic (exact) mass is 199 g/mol. The van der Waals surface area contributed by atoms with Gasteiger partial charge in [0.1, 0.15) is 0 Å². The zero-order chi connectivity index (χ0) is 10.4. The van der Waals surface area contributed by atoms with E-state index in [0.29, 0.717) is 11.5 Å². The molecule has 0 spiro atoms. The summed E-state index contributed by atoms with van der Waals surface area (Å²) in [5, 5.41) is 3.59. The third kappa shape index (κ3) is 3.25. The number of ether oxygens (including phenoxy) is 1. The number of nitrogens with one attached hydrogen (secondary N) is 1. The Morgan fingerprint density at radius 3 is 2.50 bits per heavy atom. The van der Waals surface area contributed by atoms with Crippen LogP contribution in [0.15, 0.2) is 0 Å². The normalized spacial score (nSPS) is 22.5. The zero-order valence-electron chi connectivity index (χ0n) is 9.94. The Labute approximate surface area is 88.4 Å². The van der Waals surface area contributed by atoms with E-state index in [0.717, 1.165) is 6.61 Å². The standard InChI is InChI=1S/C12H25NO/c1-4-12(7-5-6-8-12)10-13-11(2)9-14-3/h11,13H,4-10H2,1-3H3.